The van der Waals surface area contributed by atoms with Crippen molar-refractivity contribution < 1.29 is 13.9 Å². The summed E-state index contributed by atoms with van der Waals surface area (Å²) >= 11 is 17.8. The first kappa shape index (κ1) is 18.6. The van der Waals surface area contributed by atoms with E-state index in [0.29, 0.717) is 37.9 Å². The van der Waals surface area contributed by atoms with Gasteiger partial charge in [0, 0.05) is 10.6 Å². The summed E-state index contributed by atoms with van der Waals surface area (Å²) in [6, 6.07) is 15.4. The van der Waals surface area contributed by atoms with E-state index in [9.17, 15) is 4.79 Å². The molecule has 3 rings (SSSR count). The van der Waals surface area contributed by atoms with Gasteiger partial charge in [-0.2, -0.15) is 0 Å². The maximum Gasteiger partial charge on any atom is 0.185 e. The molecule has 0 bridgehead atoms. The van der Waals surface area contributed by atoms with Gasteiger partial charge in [0.05, 0.1) is 5.02 Å². The third-order valence-electron chi connectivity index (χ3n) is 3.50. The van der Waals surface area contributed by atoms with E-state index in [1.165, 1.54) is 6.08 Å². The second-order valence-corrected chi connectivity index (χ2v) is 6.57. The third kappa shape index (κ3) is 4.70. The number of rotatable bonds is 6. The second-order valence-electron chi connectivity index (χ2n) is 5.35. The molecule has 132 valence electrons. The van der Waals surface area contributed by atoms with E-state index in [2.05, 4.69) is 0 Å². The van der Waals surface area contributed by atoms with Crippen molar-refractivity contribution in [1.29, 1.82) is 0 Å². The number of hydrogen-bond donors (Lipinski definition) is 0. The van der Waals surface area contributed by atoms with Crippen molar-refractivity contribution in [3.63, 3.8) is 0 Å². The Labute approximate surface area is 165 Å². The average molecular weight is 408 g/mol. The molecule has 1 aromatic heterocycles. The average Bonchev–Trinajstić information content (AvgIpc) is 3.09. The van der Waals surface area contributed by atoms with Gasteiger partial charge in [-0.15, -0.1) is 0 Å². The van der Waals surface area contributed by atoms with Crippen LogP contribution < -0.4 is 4.74 Å². The molecule has 3 aromatic rings. The highest BCUT2D eigenvalue weighted by Crippen LogP contribution is 2.32. The van der Waals surface area contributed by atoms with E-state index in [1.807, 2.05) is 0 Å². The fourth-order valence-electron chi connectivity index (χ4n) is 2.17. The Hall–Kier alpha value is -2.20. The second kappa shape index (κ2) is 8.45. The molecule has 2 aromatic carbocycles. The molecule has 26 heavy (non-hydrogen) atoms. The predicted octanol–water partition coefficient (Wildman–Crippen LogP) is 6.71. The van der Waals surface area contributed by atoms with E-state index in [-0.39, 0.29) is 12.4 Å². The van der Waals surface area contributed by atoms with Gasteiger partial charge in [0.15, 0.2) is 5.78 Å². The molecule has 0 unspecified atom stereocenters. The van der Waals surface area contributed by atoms with Crippen LogP contribution in [0.5, 0.6) is 5.75 Å². The predicted molar refractivity (Wildman–Crippen MR) is 104 cm³/mol. The highest BCUT2D eigenvalue weighted by molar-refractivity contribution is 6.42. The van der Waals surface area contributed by atoms with Gasteiger partial charge in [-0.3, -0.25) is 4.79 Å². The molecule has 0 saturated heterocycles. The smallest absolute Gasteiger partial charge is 0.185 e. The lowest BCUT2D eigenvalue weighted by molar-refractivity contribution is 0.104. The van der Waals surface area contributed by atoms with E-state index < -0.39 is 0 Å². The number of hydrogen-bond acceptors (Lipinski definition) is 3. The zero-order valence-corrected chi connectivity index (χ0v) is 15.7. The largest absolute Gasteiger partial charge is 0.484 e. The highest BCUT2D eigenvalue weighted by atomic mass is 35.5. The molecule has 0 aliphatic heterocycles. The van der Waals surface area contributed by atoms with Crippen LogP contribution in [0.2, 0.25) is 15.1 Å². The minimum absolute atomic E-state index is 0.137. The number of furan rings is 1. The first-order chi connectivity index (χ1) is 12.5. The molecule has 6 heteroatoms. The molecule has 0 aliphatic rings. The van der Waals surface area contributed by atoms with Gasteiger partial charge in [0.1, 0.15) is 28.9 Å². The van der Waals surface area contributed by atoms with Crippen molar-refractivity contribution in [1.82, 2.24) is 0 Å². The monoisotopic (exact) mass is 406 g/mol. The summed E-state index contributed by atoms with van der Waals surface area (Å²) in [6.45, 7) is 0.193. The third-order valence-corrected chi connectivity index (χ3v) is 4.55. The molecule has 0 aliphatic carbocycles. The summed E-state index contributed by atoms with van der Waals surface area (Å²) in [5.41, 5.74) is 0.552. The number of ketones is 1. The molecular formula is C20H13Cl3O3. The standard InChI is InChI=1S/C20H13Cl3O3/c21-14-6-4-13(5-7-14)18(24)11-10-15-8-9-16(26-15)12-25-19-3-1-2-17(22)20(19)23/h1-11H,12H2/b11-10+. The van der Waals surface area contributed by atoms with Crippen LogP contribution in [0.1, 0.15) is 21.9 Å². The lowest BCUT2D eigenvalue weighted by Crippen LogP contribution is -1.94. The van der Waals surface area contributed by atoms with Crippen molar-refractivity contribution in [2.45, 2.75) is 6.61 Å². The van der Waals surface area contributed by atoms with Crippen LogP contribution in [0.25, 0.3) is 6.08 Å². The first-order valence-electron chi connectivity index (χ1n) is 7.66. The van der Waals surface area contributed by atoms with Gasteiger partial charge in [-0.05, 0) is 60.7 Å². The Morgan fingerprint density at radius 3 is 2.54 bits per heavy atom. The Morgan fingerprint density at radius 1 is 1.00 bits per heavy atom. The maximum atomic E-state index is 12.1. The lowest BCUT2D eigenvalue weighted by atomic mass is 10.1. The molecule has 3 nitrogen and oxygen atoms in total. The van der Waals surface area contributed by atoms with Gasteiger partial charge in [0.25, 0.3) is 0 Å². The SMILES string of the molecule is O=C(/C=C/c1ccc(COc2cccc(Cl)c2Cl)o1)c1ccc(Cl)cc1. The van der Waals surface area contributed by atoms with Crippen LogP contribution in [-0.2, 0) is 6.61 Å². The summed E-state index contributed by atoms with van der Waals surface area (Å²) in [5.74, 6) is 1.48. The van der Waals surface area contributed by atoms with Crippen LogP contribution in [0.3, 0.4) is 0 Å². The van der Waals surface area contributed by atoms with Gasteiger partial charge in [-0.1, -0.05) is 40.9 Å². The number of ether oxygens (including phenoxy) is 1. The van der Waals surface area contributed by atoms with Crippen molar-refractivity contribution in [3.8, 4) is 5.75 Å². The van der Waals surface area contributed by atoms with Crippen LogP contribution in [0.15, 0.2) is 65.1 Å². The fourth-order valence-corrected chi connectivity index (χ4v) is 2.65. The van der Waals surface area contributed by atoms with Gasteiger partial charge < -0.3 is 9.15 Å². The van der Waals surface area contributed by atoms with E-state index in [1.54, 1.807) is 60.7 Å². The number of halogens is 3. The zero-order valence-electron chi connectivity index (χ0n) is 13.4. The summed E-state index contributed by atoms with van der Waals surface area (Å²) in [4.78, 5) is 12.1. The van der Waals surface area contributed by atoms with Gasteiger partial charge in [0.2, 0.25) is 0 Å². The number of allylic oxidation sites excluding steroid dienone is 1. The van der Waals surface area contributed by atoms with Crippen molar-refractivity contribution >= 4 is 46.7 Å². The van der Waals surface area contributed by atoms with Crippen LogP contribution >= 0.6 is 34.8 Å². The molecule has 0 saturated carbocycles. The quantitative estimate of drug-likeness (QED) is 0.336. The summed E-state index contributed by atoms with van der Waals surface area (Å²) in [6.07, 6.45) is 3.05. The molecular weight excluding hydrogens is 395 g/mol. The van der Waals surface area contributed by atoms with E-state index in [0.717, 1.165) is 0 Å². The minimum Gasteiger partial charge on any atom is -0.484 e. The molecule has 0 fully saturated rings. The number of carbonyl (C=O) groups is 1. The summed E-state index contributed by atoms with van der Waals surface area (Å²) < 4.78 is 11.2. The van der Waals surface area contributed by atoms with Crippen LogP contribution in [0, 0.1) is 0 Å². The highest BCUT2D eigenvalue weighted by Gasteiger charge is 2.07. The molecule has 0 radical (unpaired) electrons. The molecule has 0 N–H and O–H groups in total. The Balaban J connectivity index is 1.61. The number of carbonyl (C=O) groups excluding carboxylic acids is 1. The molecule has 0 spiro atoms. The molecule has 1 heterocycles. The topological polar surface area (TPSA) is 39.4 Å². The van der Waals surface area contributed by atoms with Gasteiger partial charge in [-0.25, -0.2) is 0 Å². The summed E-state index contributed by atoms with van der Waals surface area (Å²) in [5, 5.41) is 1.36. The summed E-state index contributed by atoms with van der Waals surface area (Å²) in [7, 11) is 0. The van der Waals surface area contributed by atoms with E-state index >= 15 is 0 Å². The van der Waals surface area contributed by atoms with Gasteiger partial charge >= 0.3 is 0 Å². The maximum absolute atomic E-state index is 12.1. The molecule has 0 amide bonds. The Kier molecular flexibility index (Phi) is 6.04. The zero-order chi connectivity index (χ0) is 18.5. The van der Waals surface area contributed by atoms with Crippen molar-refractivity contribution in [2.75, 3.05) is 0 Å². The van der Waals surface area contributed by atoms with Crippen molar-refractivity contribution in [2.24, 2.45) is 0 Å². The van der Waals surface area contributed by atoms with Crippen molar-refractivity contribution in [3.05, 3.63) is 92.8 Å². The fraction of sp³-hybridized carbons (Fsp3) is 0.0500. The minimum atomic E-state index is -0.137. The molecule has 0 atom stereocenters. The Bertz CT molecular complexity index is 943. The van der Waals surface area contributed by atoms with E-state index in [4.69, 9.17) is 44.0 Å². The Morgan fingerprint density at radius 2 is 1.77 bits per heavy atom. The normalized spacial score (nSPS) is 11.0. The van der Waals surface area contributed by atoms with Crippen LogP contribution in [0.4, 0.5) is 0 Å². The number of benzene rings is 2. The van der Waals surface area contributed by atoms with Crippen LogP contribution in [-0.4, -0.2) is 5.78 Å². The first-order valence-corrected chi connectivity index (χ1v) is 8.80. The lowest BCUT2D eigenvalue weighted by Gasteiger charge is -2.06.